The number of hydrogen-bond acceptors (Lipinski definition) is 6. The van der Waals surface area contributed by atoms with Crippen molar-refractivity contribution in [3.05, 3.63) is 85.3 Å². The Morgan fingerprint density at radius 1 is 0.946 bits per heavy atom. The zero-order valence-electron chi connectivity index (χ0n) is 21.2. The first kappa shape index (κ1) is 24.5. The summed E-state index contributed by atoms with van der Waals surface area (Å²) in [5.74, 6) is 2.76. The van der Waals surface area contributed by atoms with Crippen LogP contribution in [-0.2, 0) is 4.79 Å². The van der Waals surface area contributed by atoms with Gasteiger partial charge >= 0.3 is 0 Å². The molecule has 1 fully saturated rings. The molecule has 8 nitrogen and oxygen atoms in total. The van der Waals surface area contributed by atoms with Gasteiger partial charge in [0.05, 0.1) is 5.52 Å². The maximum absolute atomic E-state index is 12.5. The van der Waals surface area contributed by atoms with Crippen LogP contribution in [0.1, 0.15) is 18.9 Å². The minimum atomic E-state index is 0.0738. The summed E-state index contributed by atoms with van der Waals surface area (Å²) in [5, 5.41) is 0. The number of para-hydroxylation sites is 1. The molecule has 0 saturated carbocycles. The predicted octanol–water partition coefficient (Wildman–Crippen LogP) is 5.30. The minimum absolute atomic E-state index is 0.0738. The zero-order valence-corrected chi connectivity index (χ0v) is 21.2. The molecule has 0 bridgehead atoms. The van der Waals surface area contributed by atoms with Gasteiger partial charge in [-0.05, 0) is 69.4 Å². The molecule has 1 amide bonds. The molecule has 4 aromatic rings. The molecule has 2 aromatic carbocycles. The van der Waals surface area contributed by atoms with E-state index in [-0.39, 0.29) is 11.9 Å². The number of amides is 1. The maximum Gasteiger partial charge on any atom is 0.247 e. The Morgan fingerprint density at radius 3 is 2.32 bits per heavy atom. The molecule has 0 atom stereocenters. The van der Waals surface area contributed by atoms with Crippen molar-refractivity contribution < 1.29 is 14.3 Å². The number of likely N-dealkylation sites (tertiary alicyclic amines) is 1. The number of ether oxygens (including phenoxy) is 2. The van der Waals surface area contributed by atoms with Gasteiger partial charge in [0.25, 0.3) is 0 Å². The lowest BCUT2D eigenvalue weighted by Gasteiger charge is -2.32. The van der Waals surface area contributed by atoms with Crippen LogP contribution in [0.15, 0.2) is 85.3 Å². The van der Waals surface area contributed by atoms with Crippen LogP contribution < -0.4 is 9.47 Å². The molecule has 37 heavy (non-hydrogen) atoms. The number of rotatable bonds is 8. The lowest BCUT2D eigenvalue weighted by molar-refractivity contribution is -0.127. The summed E-state index contributed by atoms with van der Waals surface area (Å²) in [6.45, 7) is 2.17. The molecule has 3 heterocycles. The van der Waals surface area contributed by atoms with Crippen LogP contribution in [0, 0.1) is 0 Å². The Bertz CT molecular complexity index is 1360. The van der Waals surface area contributed by atoms with E-state index in [0.717, 1.165) is 41.9 Å². The number of benzene rings is 2. The third kappa shape index (κ3) is 5.98. The highest BCUT2D eigenvalue weighted by molar-refractivity contribution is 5.87. The van der Waals surface area contributed by atoms with Crippen molar-refractivity contribution in [3.63, 3.8) is 0 Å². The van der Waals surface area contributed by atoms with Gasteiger partial charge in [0.15, 0.2) is 0 Å². The standard InChI is InChI=1S/C29H31N5O3/c1-32(2)17-6-9-27(35)33-18-14-22(15-19-33)34-20-16-26-28(34)29(31-21-30-26)37-25-12-10-24(11-13-25)36-23-7-4-3-5-8-23/h3-13,16,20-22H,14-15,17-19H2,1-2H3. The molecular weight excluding hydrogens is 466 g/mol. The van der Waals surface area contributed by atoms with Crippen molar-refractivity contribution >= 4 is 16.9 Å². The smallest absolute Gasteiger partial charge is 0.247 e. The van der Waals surface area contributed by atoms with Gasteiger partial charge in [0.2, 0.25) is 11.8 Å². The van der Waals surface area contributed by atoms with Crippen LogP contribution in [0.4, 0.5) is 0 Å². The van der Waals surface area contributed by atoms with E-state index in [0.29, 0.717) is 24.7 Å². The first-order chi connectivity index (χ1) is 18.1. The van der Waals surface area contributed by atoms with Gasteiger partial charge < -0.3 is 23.8 Å². The highest BCUT2D eigenvalue weighted by atomic mass is 16.5. The summed E-state index contributed by atoms with van der Waals surface area (Å²) in [6, 6.07) is 19.4. The number of fused-ring (bicyclic) bond motifs is 1. The molecular formula is C29H31N5O3. The van der Waals surface area contributed by atoms with E-state index in [1.165, 1.54) is 6.33 Å². The third-order valence-corrected chi connectivity index (χ3v) is 6.39. The highest BCUT2D eigenvalue weighted by Gasteiger charge is 2.25. The van der Waals surface area contributed by atoms with E-state index in [2.05, 4.69) is 14.5 Å². The third-order valence-electron chi connectivity index (χ3n) is 6.39. The molecule has 5 rings (SSSR count). The Labute approximate surface area is 216 Å². The van der Waals surface area contributed by atoms with Gasteiger partial charge in [0, 0.05) is 37.9 Å². The van der Waals surface area contributed by atoms with Gasteiger partial charge in [-0.1, -0.05) is 24.3 Å². The zero-order chi connectivity index (χ0) is 25.6. The van der Waals surface area contributed by atoms with Gasteiger partial charge in [0.1, 0.15) is 29.1 Å². The fraction of sp³-hybridized carbons (Fsp3) is 0.276. The molecule has 190 valence electrons. The minimum Gasteiger partial charge on any atom is -0.457 e. The average Bonchev–Trinajstić information content (AvgIpc) is 3.36. The van der Waals surface area contributed by atoms with Crippen molar-refractivity contribution in [1.29, 1.82) is 0 Å². The fourth-order valence-corrected chi connectivity index (χ4v) is 4.49. The van der Waals surface area contributed by atoms with Crippen LogP contribution in [0.3, 0.4) is 0 Å². The highest BCUT2D eigenvalue weighted by Crippen LogP contribution is 2.33. The van der Waals surface area contributed by atoms with Crippen LogP contribution in [0.25, 0.3) is 11.0 Å². The lowest BCUT2D eigenvalue weighted by atomic mass is 10.0. The molecule has 0 radical (unpaired) electrons. The molecule has 0 aliphatic carbocycles. The van der Waals surface area contributed by atoms with E-state index in [4.69, 9.17) is 9.47 Å². The Hall–Kier alpha value is -4.17. The summed E-state index contributed by atoms with van der Waals surface area (Å²) >= 11 is 0. The number of carbonyl (C=O) groups excluding carboxylic acids is 1. The van der Waals surface area contributed by atoms with E-state index in [1.54, 1.807) is 6.08 Å². The Balaban J connectivity index is 1.27. The van der Waals surface area contributed by atoms with Crippen molar-refractivity contribution in [1.82, 2.24) is 24.3 Å². The summed E-state index contributed by atoms with van der Waals surface area (Å²) < 4.78 is 14.3. The normalized spacial score (nSPS) is 14.5. The van der Waals surface area contributed by atoms with Gasteiger partial charge in [-0.15, -0.1) is 0 Å². The quantitative estimate of drug-likeness (QED) is 0.308. The number of likely N-dealkylation sites (N-methyl/N-ethyl adjacent to an activating group) is 1. The Morgan fingerprint density at radius 2 is 1.62 bits per heavy atom. The van der Waals surface area contributed by atoms with E-state index in [9.17, 15) is 4.79 Å². The van der Waals surface area contributed by atoms with Gasteiger partial charge in [-0.25, -0.2) is 4.98 Å². The van der Waals surface area contributed by atoms with Crippen molar-refractivity contribution in [3.8, 4) is 23.1 Å². The number of carbonyl (C=O) groups is 1. The number of piperidine rings is 1. The first-order valence-electron chi connectivity index (χ1n) is 12.5. The van der Waals surface area contributed by atoms with E-state index < -0.39 is 0 Å². The van der Waals surface area contributed by atoms with Crippen molar-refractivity contribution in [2.24, 2.45) is 0 Å². The largest absolute Gasteiger partial charge is 0.457 e. The van der Waals surface area contributed by atoms with Crippen LogP contribution >= 0.6 is 0 Å². The van der Waals surface area contributed by atoms with Crippen LogP contribution in [0.2, 0.25) is 0 Å². The second kappa shape index (κ2) is 11.3. The topological polar surface area (TPSA) is 72.7 Å². The molecule has 1 saturated heterocycles. The van der Waals surface area contributed by atoms with Crippen LogP contribution in [-0.4, -0.2) is 64.0 Å². The summed E-state index contributed by atoms with van der Waals surface area (Å²) in [5.41, 5.74) is 1.70. The fourth-order valence-electron chi connectivity index (χ4n) is 4.49. The lowest BCUT2D eigenvalue weighted by Crippen LogP contribution is -2.38. The molecule has 0 N–H and O–H groups in total. The van der Waals surface area contributed by atoms with Crippen LogP contribution in [0.5, 0.6) is 23.1 Å². The molecule has 1 aliphatic heterocycles. The molecule has 0 spiro atoms. The summed E-state index contributed by atoms with van der Waals surface area (Å²) in [7, 11) is 3.97. The monoisotopic (exact) mass is 497 g/mol. The molecule has 8 heteroatoms. The average molecular weight is 498 g/mol. The molecule has 1 aliphatic rings. The van der Waals surface area contributed by atoms with Crippen molar-refractivity contribution in [2.75, 3.05) is 33.7 Å². The number of hydrogen-bond donors (Lipinski definition) is 0. The predicted molar refractivity (Wildman–Crippen MR) is 143 cm³/mol. The molecule has 0 unspecified atom stereocenters. The van der Waals surface area contributed by atoms with E-state index >= 15 is 0 Å². The summed E-state index contributed by atoms with van der Waals surface area (Å²) in [6.07, 6.45) is 8.88. The van der Waals surface area contributed by atoms with Crippen molar-refractivity contribution in [2.45, 2.75) is 18.9 Å². The number of nitrogens with zero attached hydrogens (tertiary/aromatic N) is 5. The van der Waals surface area contributed by atoms with Gasteiger partial charge in [-0.2, -0.15) is 4.98 Å². The first-order valence-corrected chi connectivity index (χ1v) is 12.5. The van der Waals surface area contributed by atoms with Gasteiger partial charge in [-0.3, -0.25) is 4.79 Å². The maximum atomic E-state index is 12.5. The number of aromatic nitrogens is 3. The Kier molecular flexibility index (Phi) is 7.46. The second-order valence-electron chi connectivity index (χ2n) is 9.35. The summed E-state index contributed by atoms with van der Waals surface area (Å²) in [4.78, 5) is 25.4. The molecule has 2 aromatic heterocycles. The second-order valence-corrected chi connectivity index (χ2v) is 9.35. The SMILES string of the molecule is CN(C)CC=CC(=O)N1CCC(n2ccc3ncnc(Oc4ccc(Oc5ccccc5)cc4)c32)CC1. The van der Waals surface area contributed by atoms with E-state index in [1.807, 2.05) is 96.8 Å².